The fourth-order valence-corrected chi connectivity index (χ4v) is 7.00. The van der Waals surface area contributed by atoms with Gasteiger partial charge in [-0.05, 0) is 131 Å². The molecule has 0 unspecified atom stereocenters. The lowest BCUT2D eigenvalue weighted by Gasteiger charge is -2.26. The molecule has 0 atom stereocenters. The van der Waals surface area contributed by atoms with Crippen molar-refractivity contribution in [2.75, 3.05) is 4.90 Å². The first-order chi connectivity index (χ1) is 29.7. The van der Waals surface area contributed by atoms with E-state index in [1.165, 1.54) is 0 Å². The molecule has 55 heavy (non-hydrogen) atoms. The van der Waals surface area contributed by atoms with Gasteiger partial charge in [-0.2, -0.15) is 0 Å². The number of oxazole rings is 2. The van der Waals surface area contributed by atoms with Crippen LogP contribution in [0.3, 0.4) is 0 Å². The Morgan fingerprint density at radius 3 is 1.71 bits per heavy atom. The molecule has 0 N–H and O–H groups in total. The van der Waals surface area contributed by atoms with Crippen LogP contribution in [-0.4, -0.2) is 19.9 Å². The quantitative estimate of drug-likeness (QED) is 0.159. The van der Waals surface area contributed by atoms with Gasteiger partial charge in [0.15, 0.2) is 11.2 Å². The molecular weight excluding hydrogens is 679 g/mol. The molecule has 7 nitrogen and oxygen atoms in total. The summed E-state index contributed by atoms with van der Waals surface area (Å²) >= 11 is 0. The summed E-state index contributed by atoms with van der Waals surface area (Å²) in [4.78, 5) is 20.1. The molecule has 7 heteroatoms. The molecule has 4 heterocycles. The number of aromatic nitrogens is 4. The van der Waals surface area contributed by atoms with E-state index >= 15 is 0 Å². The molecule has 0 spiro atoms. The highest BCUT2D eigenvalue weighted by Crippen LogP contribution is 2.40. The summed E-state index contributed by atoms with van der Waals surface area (Å²) in [6.07, 6.45) is 3.33. The van der Waals surface area contributed by atoms with E-state index in [4.69, 9.17) is 8.83 Å². The lowest BCUT2D eigenvalue weighted by molar-refractivity contribution is 0.619. The topological polar surface area (TPSA) is 81.1 Å². The van der Waals surface area contributed by atoms with Gasteiger partial charge in [0.05, 0.1) is 19.3 Å². The fraction of sp³-hybridized carbons (Fsp3) is 0. The zero-order valence-electron chi connectivity index (χ0n) is 34.8. The lowest BCUT2D eigenvalue weighted by Crippen LogP contribution is -2.09. The maximum atomic E-state index is 9.73. The molecule has 0 aliphatic heterocycles. The zero-order valence-corrected chi connectivity index (χ0v) is 28.8. The van der Waals surface area contributed by atoms with Crippen LogP contribution in [0.4, 0.5) is 17.1 Å². The smallest absolute Gasteiger partial charge is 0.227 e. The normalized spacial score (nSPS) is 13.2. The van der Waals surface area contributed by atoms with Crippen LogP contribution < -0.4 is 4.90 Å². The maximum absolute atomic E-state index is 9.73. The van der Waals surface area contributed by atoms with E-state index < -0.39 is 0 Å². The van der Waals surface area contributed by atoms with Gasteiger partial charge >= 0.3 is 0 Å². The van der Waals surface area contributed by atoms with Crippen LogP contribution in [0.15, 0.2) is 185 Å². The number of hydrogen-bond acceptors (Lipinski definition) is 7. The highest BCUT2D eigenvalue weighted by Gasteiger charge is 2.17. The van der Waals surface area contributed by atoms with Gasteiger partial charge < -0.3 is 13.7 Å². The SMILES string of the molecule is [2H]c1c(N(c2ccc(-c3nc4ccccc4o3)cc2)c2ccc(-c3nc4ccccc4o3)cc2)c([2H])c2c([2H])c([2H])c(-c3cc4cccnc4c4ncccc34)c([2H])c2c1[2H]. The lowest BCUT2D eigenvalue weighted by atomic mass is 9.95. The van der Waals surface area contributed by atoms with Crippen LogP contribution in [0.5, 0.6) is 0 Å². The zero-order chi connectivity index (χ0) is 41.5. The number of fused-ring (bicyclic) bond motifs is 6. The molecule has 0 saturated carbocycles. The Morgan fingerprint density at radius 1 is 0.473 bits per heavy atom. The third-order valence-corrected chi connectivity index (χ3v) is 9.65. The number of hydrogen-bond donors (Lipinski definition) is 0. The van der Waals surface area contributed by atoms with Gasteiger partial charge in [-0.1, -0.05) is 54.5 Å². The molecular formula is C48H29N5O2. The Labute approximate surface area is 323 Å². The number of pyridine rings is 2. The summed E-state index contributed by atoms with van der Waals surface area (Å²) in [5.74, 6) is 0.852. The Balaban J connectivity index is 1.11. The van der Waals surface area contributed by atoms with Crippen molar-refractivity contribution in [3.63, 3.8) is 0 Å². The third-order valence-electron chi connectivity index (χ3n) is 9.65. The van der Waals surface area contributed by atoms with E-state index in [9.17, 15) is 8.22 Å². The minimum Gasteiger partial charge on any atom is -0.436 e. The van der Waals surface area contributed by atoms with Gasteiger partial charge in [0.2, 0.25) is 11.8 Å². The Morgan fingerprint density at radius 2 is 1.05 bits per heavy atom. The second kappa shape index (κ2) is 12.5. The van der Waals surface area contributed by atoms with Crippen LogP contribution >= 0.6 is 0 Å². The van der Waals surface area contributed by atoms with Crippen LogP contribution in [0.2, 0.25) is 0 Å². The standard InChI is InChI=1S/C48H29N5O2/c1-3-11-43-41(9-1)51-47(54-43)30-15-20-36(21-16-30)53(37-22-17-31(18-23-37)48-52-42-10-2-4-12-44(42)55-48)38-24-19-32-27-34(14-13-33(32)28-38)40-29-35-7-5-25-49-45(35)46-39(40)8-6-26-50-46/h1-29H/i13D,14D,19D,24D,27D,28D. The summed E-state index contributed by atoms with van der Waals surface area (Å²) < 4.78 is 69.2. The third kappa shape index (κ3) is 5.37. The maximum Gasteiger partial charge on any atom is 0.227 e. The molecule has 4 aromatic heterocycles. The van der Waals surface area contributed by atoms with Crippen molar-refractivity contribution in [1.29, 1.82) is 0 Å². The molecule has 0 aliphatic carbocycles. The van der Waals surface area contributed by atoms with E-state index in [2.05, 4.69) is 19.9 Å². The Hall–Kier alpha value is -7.64. The second-order valence-electron chi connectivity index (χ2n) is 13.0. The van der Waals surface area contributed by atoms with Gasteiger partial charge in [-0.3, -0.25) is 9.97 Å². The molecule has 0 aliphatic rings. The van der Waals surface area contributed by atoms with Crippen molar-refractivity contribution in [3.05, 3.63) is 176 Å². The number of anilines is 3. The van der Waals surface area contributed by atoms with Crippen molar-refractivity contribution < 1.29 is 17.1 Å². The number of nitrogens with zero attached hydrogens (tertiary/aromatic N) is 5. The van der Waals surface area contributed by atoms with E-state index in [0.717, 1.165) is 16.4 Å². The molecule has 258 valence electrons. The highest BCUT2D eigenvalue weighted by atomic mass is 16.4. The molecule has 0 bridgehead atoms. The molecule has 0 fully saturated rings. The summed E-state index contributed by atoms with van der Waals surface area (Å²) in [6.45, 7) is 0. The second-order valence-corrected chi connectivity index (χ2v) is 13.0. The summed E-state index contributed by atoms with van der Waals surface area (Å²) in [7, 11) is 0. The van der Waals surface area contributed by atoms with E-state index in [1.54, 1.807) is 29.4 Å². The molecule has 11 aromatic rings. The van der Waals surface area contributed by atoms with Crippen LogP contribution in [0.1, 0.15) is 8.22 Å². The van der Waals surface area contributed by atoms with E-state index in [1.807, 2.05) is 115 Å². The molecule has 11 rings (SSSR count). The van der Waals surface area contributed by atoms with E-state index in [0.29, 0.717) is 67.4 Å². The molecule has 0 amide bonds. The minimum atomic E-state index is -0.346. The minimum absolute atomic E-state index is 0.00760. The molecule has 7 aromatic carbocycles. The number of benzene rings is 7. The number of rotatable bonds is 6. The first-order valence-electron chi connectivity index (χ1n) is 20.6. The van der Waals surface area contributed by atoms with Gasteiger partial charge in [0.25, 0.3) is 0 Å². The first-order valence-corrected chi connectivity index (χ1v) is 17.6. The van der Waals surface area contributed by atoms with Gasteiger partial charge in [-0.15, -0.1) is 0 Å². The highest BCUT2D eigenvalue weighted by molar-refractivity contribution is 6.10. The average Bonchev–Trinajstić information content (AvgIpc) is 3.94. The number of para-hydroxylation sites is 4. The van der Waals surface area contributed by atoms with Crippen LogP contribution in [-0.2, 0) is 0 Å². The van der Waals surface area contributed by atoms with E-state index in [-0.39, 0.29) is 58.3 Å². The first kappa shape index (κ1) is 25.4. The largest absolute Gasteiger partial charge is 0.436 e. The van der Waals surface area contributed by atoms with Gasteiger partial charge in [-0.25, -0.2) is 9.97 Å². The Bertz CT molecular complexity index is 3390. The van der Waals surface area contributed by atoms with Crippen molar-refractivity contribution in [3.8, 4) is 34.0 Å². The van der Waals surface area contributed by atoms with Crippen molar-refractivity contribution in [1.82, 2.24) is 19.9 Å². The fourth-order valence-electron chi connectivity index (χ4n) is 7.00. The Kier molecular flexibility index (Phi) is 5.76. The summed E-state index contributed by atoms with van der Waals surface area (Å²) in [5, 5.41) is 1.23. The summed E-state index contributed by atoms with van der Waals surface area (Å²) in [5.41, 5.74) is 7.06. The molecule has 0 radical (unpaired) electrons. The average molecular weight is 714 g/mol. The van der Waals surface area contributed by atoms with Gasteiger partial charge in [0, 0.05) is 51.4 Å². The van der Waals surface area contributed by atoms with Crippen molar-refractivity contribution in [2.24, 2.45) is 0 Å². The van der Waals surface area contributed by atoms with Crippen LogP contribution in [0.25, 0.3) is 88.8 Å². The van der Waals surface area contributed by atoms with Gasteiger partial charge in [0.1, 0.15) is 11.0 Å². The van der Waals surface area contributed by atoms with Crippen molar-refractivity contribution >= 4 is 71.8 Å². The van der Waals surface area contributed by atoms with Crippen molar-refractivity contribution in [2.45, 2.75) is 0 Å². The monoisotopic (exact) mass is 713 g/mol. The summed E-state index contributed by atoms with van der Waals surface area (Å²) in [6, 6.07) is 36.9. The molecule has 0 saturated heterocycles. The predicted octanol–water partition coefficient (Wildman–Crippen LogP) is 12.7. The predicted molar refractivity (Wildman–Crippen MR) is 221 cm³/mol. The van der Waals surface area contributed by atoms with Crippen LogP contribution in [0, 0.1) is 0 Å².